The Labute approximate surface area is 198 Å². The van der Waals surface area contributed by atoms with Gasteiger partial charge in [0.15, 0.2) is 0 Å². The van der Waals surface area contributed by atoms with Crippen LogP contribution >= 0.6 is 0 Å². The van der Waals surface area contributed by atoms with E-state index in [4.69, 9.17) is 9.47 Å². The van der Waals surface area contributed by atoms with E-state index in [0.717, 1.165) is 12.5 Å². The molecule has 0 aromatic heterocycles. The molecule has 4 rings (SSSR count). The lowest BCUT2D eigenvalue weighted by atomic mass is 9.78. The average Bonchev–Trinajstić information content (AvgIpc) is 3.51. The van der Waals surface area contributed by atoms with Crippen LogP contribution in [0, 0.1) is 11.3 Å². The number of halogens is 2. The highest BCUT2D eigenvalue weighted by Crippen LogP contribution is 2.36. The maximum absolute atomic E-state index is 13.9. The maximum Gasteiger partial charge on any atom is 0.272 e. The van der Waals surface area contributed by atoms with Gasteiger partial charge in [0.2, 0.25) is 5.91 Å². The quantitative estimate of drug-likeness (QED) is 0.560. The monoisotopic (exact) mass is 472 g/mol. The Balaban J connectivity index is 1.36. The van der Waals surface area contributed by atoms with E-state index < -0.39 is 11.3 Å². The third-order valence-corrected chi connectivity index (χ3v) is 6.57. The number of hydrogen-bond donors (Lipinski definition) is 2. The molecule has 0 aliphatic carbocycles. The van der Waals surface area contributed by atoms with Crippen LogP contribution in [0.15, 0.2) is 48.5 Å². The molecule has 1 unspecified atom stereocenters. The summed E-state index contributed by atoms with van der Waals surface area (Å²) in [6, 6.07) is 13.5. The first-order valence-corrected chi connectivity index (χ1v) is 11.6. The van der Waals surface area contributed by atoms with E-state index >= 15 is 0 Å². The Hall–Kier alpha value is -2.84. The molecule has 2 fully saturated rings. The van der Waals surface area contributed by atoms with Crippen molar-refractivity contribution in [3.8, 4) is 0 Å². The minimum atomic E-state index is -2.96. The van der Waals surface area contributed by atoms with Gasteiger partial charge in [-0.1, -0.05) is 30.3 Å². The topological polar surface area (TPSA) is 76.7 Å². The Kier molecular flexibility index (Phi) is 7.28. The summed E-state index contributed by atoms with van der Waals surface area (Å²) in [5.41, 5.74) is 0.955. The molecule has 6 nitrogen and oxygen atoms in total. The minimum Gasteiger partial charge on any atom is -0.381 e. The molecule has 0 spiro atoms. The molecule has 2 aromatic rings. The first kappa shape index (κ1) is 24.3. The fraction of sp³-hybridized carbons (Fsp3) is 0.462. The first-order chi connectivity index (χ1) is 16.3. The van der Waals surface area contributed by atoms with Gasteiger partial charge in [-0.3, -0.25) is 9.59 Å². The Bertz CT molecular complexity index is 1010. The normalized spacial score (nSPS) is 22.5. The van der Waals surface area contributed by atoms with Crippen molar-refractivity contribution in [3.63, 3.8) is 0 Å². The highest BCUT2D eigenvalue weighted by molar-refractivity contribution is 5.91. The molecule has 2 aliphatic heterocycles. The van der Waals surface area contributed by atoms with Gasteiger partial charge in [-0.2, -0.15) is 0 Å². The van der Waals surface area contributed by atoms with Crippen molar-refractivity contribution >= 4 is 23.1 Å². The summed E-state index contributed by atoms with van der Waals surface area (Å²) < 4.78 is 38.5. The summed E-state index contributed by atoms with van der Waals surface area (Å²) in [5, 5.41) is 5.99. The summed E-state index contributed by atoms with van der Waals surface area (Å²) in [5.74, 6) is -3.21. The molecule has 1 amide bonds. The van der Waals surface area contributed by atoms with Crippen molar-refractivity contribution in [2.45, 2.75) is 38.7 Å². The number of alkyl halides is 2. The van der Waals surface area contributed by atoms with E-state index in [9.17, 15) is 18.4 Å². The molecular formula is C26H30F2N2O4. The number of Topliss-reactive ketones (excluding diaryl/α,β-unsaturated/α-hetero) is 1. The van der Waals surface area contributed by atoms with Gasteiger partial charge in [0.1, 0.15) is 5.78 Å². The van der Waals surface area contributed by atoms with Gasteiger partial charge in [0, 0.05) is 56.0 Å². The summed E-state index contributed by atoms with van der Waals surface area (Å²) in [7, 11) is 0. The number of nitrogens with one attached hydrogen (secondary N) is 2. The zero-order valence-electron chi connectivity index (χ0n) is 19.2. The number of carbonyl (C=O) groups excluding carboxylic acids is 2. The number of ketones is 1. The van der Waals surface area contributed by atoms with Gasteiger partial charge in [-0.05, 0) is 36.6 Å². The van der Waals surface area contributed by atoms with E-state index in [1.165, 1.54) is 6.07 Å². The van der Waals surface area contributed by atoms with Crippen molar-refractivity contribution in [3.05, 3.63) is 59.7 Å². The molecule has 0 saturated carbocycles. The molecule has 0 radical (unpaired) electrons. The highest BCUT2D eigenvalue weighted by Gasteiger charge is 2.45. The van der Waals surface area contributed by atoms with Crippen LogP contribution in [0.1, 0.15) is 37.3 Å². The number of para-hydroxylation sites is 1. The second-order valence-corrected chi connectivity index (χ2v) is 9.23. The predicted octanol–water partition coefficient (Wildman–Crippen LogP) is 4.56. The summed E-state index contributed by atoms with van der Waals surface area (Å²) >= 11 is 0. The second kappa shape index (κ2) is 10.2. The lowest BCUT2D eigenvalue weighted by Gasteiger charge is -2.26. The molecule has 2 saturated heterocycles. The number of hydrogen-bond acceptors (Lipinski definition) is 5. The van der Waals surface area contributed by atoms with Crippen molar-refractivity contribution in [1.82, 2.24) is 5.32 Å². The van der Waals surface area contributed by atoms with Gasteiger partial charge in [0.25, 0.3) is 5.92 Å². The number of anilines is 2. The average molecular weight is 473 g/mol. The van der Waals surface area contributed by atoms with Gasteiger partial charge < -0.3 is 20.1 Å². The van der Waals surface area contributed by atoms with Crippen LogP contribution in [0.25, 0.3) is 0 Å². The van der Waals surface area contributed by atoms with Crippen molar-refractivity contribution in [2.75, 3.05) is 31.7 Å². The molecule has 8 heteroatoms. The number of carbonyl (C=O) groups is 2. The smallest absolute Gasteiger partial charge is 0.272 e. The Morgan fingerprint density at radius 2 is 1.85 bits per heavy atom. The van der Waals surface area contributed by atoms with Gasteiger partial charge >= 0.3 is 0 Å². The summed E-state index contributed by atoms with van der Waals surface area (Å²) in [4.78, 5) is 25.8. The van der Waals surface area contributed by atoms with Gasteiger partial charge in [-0.25, -0.2) is 8.78 Å². The molecular weight excluding hydrogens is 442 g/mol. The second-order valence-electron chi connectivity index (χ2n) is 9.23. The third-order valence-electron chi connectivity index (χ3n) is 6.57. The van der Waals surface area contributed by atoms with Crippen LogP contribution in [0.2, 0.25) is 0 Å². The predicted molar refractivity (Wildman–Crippen MR) is 124 cm³/mol. The van der Waals surface area contributed by atoms with Crippen LogP contribution in [-0.2, 0) is 31.5 Å². The zero-order chi connectivity index (χ0) is 24.2. The van der Waals surface area contributed by atoms with Crippen molar-refractivity contribution < 1.29 is 27.8 Å². The van der Waals surface area contributed by atoms with Crippen molar-refractivity contribution in [1.29, 1.82) is 0 Å². The van der Waals surface area contributed by atoms with E-state index in [0.29, 0.717) is 50.6 Å². The lowest BCUT2D eigenvalue weighted by molar-refractivity contribution is -0.137. The van der Waals surface area contributed by atoms with E-state index in [-0.39, 0.29) is 36.2 Å². The molecule has 0 bridgehead atoms. The van der Waals surface area contributed by atoms with Crippen LogP contribution in [0.5, 0.6) is 0 Å². The fourth-order valence-electron chi connectivity index (χ4n) is 4.48. The van der Waals surface area contributed by atoms with Gasteiger partial charge in [0.05, 0.1) is 18.6 Å². The van der Waals surface area contributed by atoms with Crippen LogP contribution in [0.3, 0.4) is 0 Å². The molecule has 34 heavy (non-hydrogen) atoms. The first-order valence-electron chi connectivity index (χ1n) is 11.6. The largest absolute Gasteiger partial charge is 0.381 e. The molecule has 2 aromatic carbocycles. The van der Waals surface area contributed by atoms with E-state index in [2.05, 4.69) is 10.6 Å². The summed E-state index contributed by atoms with van der Waals surface area (Å²) in [6.07, 6.45) is 1.39. The van der Waals surface area contributed by atoms with Crippen LogP contribution < -0.4 is 10.6 Å². The third kappa shape index (κ3) is 5.62. The standard InChI is InChI=1S/C26H30F2N2O4/c1-25(27,28)21-4-2-3-5-22(21)30-20-8-6-18(7-9-20)15-29-24(32)26(11-13-34-17-26)14-23(31)19-10-12-33-16-19/h2-9,19,30H,10-17H2,1H3,(H,29,32)/t19?,26-/m0/s1. The van der Waals surface area contributed by atoms with Gasteiger partial charge in [-0.15, -0.1) is 0 Å². The minimum absolute atomic E-state index is 0.0616. The molecule has 2 N–H and O–H groups in total. The van der Waals surface area contributed by atoms with Crippen molar-refractivity contribution in [2.24, 2.45) is 11.3 Å². The molecule has 182 valence electrons. The molecule has 2 atom stereocenters. The lowest BCUT2D eigenvalue weighted by Crippen LogP contribution is -2.43. The number of amides is 1. The van der Waals surface area contributed by atoms with Crippen LogP contribution in [0.4, 0.5) is 20.2 Å². The Morgan fingerprint density at radius 3 is 2.50 bits per heavy atom. The number of ether oxygens (including phenoxy) is 2. The van der Waals surface area contributed by atoms with Crippen LogP contribution in [-0.4, -0.2) is 38.1 Å². The van der Waals surface area contributed by atoms with E-state index in [1.807, 2.05) is 12.1 Å². The summed E-state index contributed by atoms with van der Waals surface area (Å²) in [6.45, 7) is 2.88. The molecule has 2 heterocycles. The SMILES string of the molecule is CC(F)(F)c1ccccc1Nc1ccc(CNC(=O)[C@]2(CC(=O)C3CCOC3)CCOC2)cc1. The number of rotatable bonds is 9. The highest BCUT2D eigenvalue weighted by atomic mass is 19.3. The Morgan fingerprint density at radius 1 is 1.09 bits per heavy atom. The molecule has 2 aliphatic rings. The van der Waals surface area contributed by atoms with E-state index in [1.54, 1.807) is 30.3 Å². The number of benzene rings is 2. The fourth-order valence-corrected chi connectivity index (χ4v) is 4.48. The zero-order valence-corrected chi connectivity index (χ0v) is 19.2. The maximum atomic E-state index is 13.9.